The second-order valence-electron chi connectivity index (χ2n) is 3.82. The van der Waals surface area contributed by atoms with Crippen LogP contribution < -0.4 is 4.74 Å². The van der Waals surface area contributed by atoms with E-state index in [4.69, 9.17) is 9.84 Å². The molecule has 1 N–H and O–H groups in total. The fraction of sp³-hybridized carbons (Fsp3) is 0.308. The molecular weight excluding hydrogens is 216 g/mol. The largest absolute Gasteiger partial charge is 0.508 e. The number of nitrogens with zero attached hydrogens (tertiary/aromatic N) is 2. The van der Waals surface area contributed by atoms with Crippen LogP contribution in [0.5, 0.6) is 11.5 Å². The molecule has 0 saturated heterocycles. The van der Waals surface area contributed by atoms with Gasteiger partial charge in [-0.25, -0.2) is 4.98 Å². The topological polar surface area (TPSA) is 47.3 Å². The molecule has 4 nitrogen and oxygen atoms in total. The van der Waals surface area contributed by atoms with Gasteiger partial charge in [0, 0.05) is 6.54 Å². The Morgan fingerprint density at radius 1 is 1.29 bits per heavy atom. The van der Waals surface area contributed by atoms with Gasteiger partial charge in [0.25, 0.3) is 0 Å². The lowest BCUT2D eigenvalue weighted by Gasteiger charge is -2.09. The first kappa shape index (κ1) is 11.5. The average Bonchev–Trinajstić information content (AvgIpc) is 2.69. The number of ether oxygens (including phenoxy) is 1. The highest BCUT2D eigenvalue weighted by Crippen LogP contribution is 2.17. The van der Waals surface area contributed by atoms with Crippen LogP contribution in [-0.4, -0.2) is 14.7 Å². The van der Waals surface area contributed by atoms with Crippen molar-refractivity contribution >= 4 is 0 Å². The lowest BCUT2D eigenvalue weighted by atomic mass is 10.3. The van der Waals surface area contributed by atoms with E-state index in [-0.39, 0.29) is 5.75 Å². The van der Waals surface area contributed by atoms with E-state index in [2.05, 4.69) is 16.5 Å². The van der Waals surface area contributed by atoms with E-state index < -0.39 is 0 Å². The molecule has 0 radical (unpaired) electrons. The maximum atomic E-state index is 9.16. The van der Waals surface area contributed by atoms with Crippen LogP contribution >= 0.6 is 0 Å². The highest BCUT2D eigenvalue weighted by atomic mass is 16.5. The molecule has 0 amide bonds. The Balaban J connectivity index is 2.04. The van der Waals surface area contributed by atoms with Crippen molar-refractivity contribution in [2.24, 2.45) is 0 Å². The molecule has 90 valence electrons. The molecule has 4 heteroatoms. The monoisotopic (exact) mass is 232 g/mol. The zero-order valence-corrected chi connectivity index (χ0v) is 10.1. The Kier molecular flexibility index (Phi) is 3.32. The third-order valence-electron chi connectivity index (χ3n) is 2.68. The molecule has 2 rings (SSSR count). The van der Waals surface area contributed by atoms with Crippen molar-refractivity contribution in [1.29, 1.82) is 0 Å². The van der Waals surface area contributed by atoms with Crippen molar-refractivity contribution in [1.82, 2.24) is 9.55 Å². The predicted octanol–water partition coefficient (Wildman–Crippen LogP) is 2.50. The van der Waals surface area contributed by atoms with Crippen LogP contribution in [0.1, 0.15) is 18.4 Å². The summed E-state index contributed by atoms with van der Waals surface area (Å²) in [6.07, 6.45) is 1.83. The Hall–Kier alpha value is -1.97. The summed E-state index contributed by atoms with van der Waals surface area (Å²) in [5, 5.41) is 9.16. The lowest BCUT2D eigenvalue weighted by Crippen LogP contribution is -2.06. The standard InChI is InChI=1S/C13H16N2O2/c1-3-15-10(2)14-8-11(15)9-17-13-6-4-12(16)5-7-13/h4-8,16H,3,9H2,1-2H3. The number of imidazole rings is 1. The molecule has 0 atom stereocenters. The van der Waals surface area contributed by atoms with Crippen molar-refractivity contribution in [2.45, 2.75) is 27.0 Å². The number of hydrogen-bond donors (Lipinski definition) is 1. The molecule has 0 spiro atoms. The summed E-state index contributed by atoms with van der Waals surface area (Å²) in [7, 11) is 0. The number of aryl methyl sites for hydroxylation is 1. The Morgan fingerprint density at radius 2 is 2.00 bits per heavy atom. The molecule has 0 fully saturated rings. The first-order valence-electron chi connectivity index (χ1n) is 5.63. The minimum Gasteiger partial charge on any atom is -0.508 e. The summed E-state index contributed by atoms with van der Waals surface area (Å²) in [6.45, 7) is 5.44. The lowest BCUT2D eigenvalue weighted by molar-refractivity contribution is 0.294. The van der Waals surface area contributed by atoms with E-state index in [1.165, 1.54) is 0 Å². The normalized spacial score (nSPS) is 10.5. The van der Waals surface area contributed by atoms with E-state index in [0.717, 1.165) is 23.8 Å². The van der Waals surface area contributed by atoms with E-state index in [0.29, 0.717) is 6.61 Å². The maximum absolute atomic E-state index is 9.16. The zero-order valence-electron chi connectivity index (χ0n) is 10.1. The fourth-order valence-corrected chi connectivity index (χ4v) is 1.76. The van der Waals surface area contributed by atoms with Gasteiger partial charge in [0.1, 0.15) is 23.9 Å². The SMILES string of the molecule is CCn1c(COc2ccc(O)cc2)cnc1C. The molecule has 1 aromatic carbocycles. The summed E-state index contributed by atoms with van der Waals surface area (Å²) in [5.74, 6) is 1.98. The quantitative estimate of drug-likeness (QED) is 0.881. The van der Waals surface area contributed by atoms with Crippen LogP contribution in [0.25, 0.3) is 0 Å². The summed E-state index contributed by atoms with van der Waals surface area (Å²) < 4.78 is 7.74. The third-order valence-corrected chi connectivity index (χ3v) is 2.68. The van der Waals surface area contributed by atoms with Crippen LogP contribution in [0.15, 0.2) is 30.5 Å². The van der Waals surface area contributed by atoms with Gasteiger partial charge in [-0.05, 0) is 38.1 Å². The zero-order chi connectivity index (χ0) is 12.3. The van der Waals surface area contributed by atoms with Gasteiger partial charge in [0.05, 0.1) is 11.9 Å². The van der Waals surface area contributed by atoms with Gasteiger partial charge in [-0.3, -0.25) is 0 Å². The molecule has 0 unspecified atom stereocenters. The minimum absolute atomic E-state index is 0.242. The molecule has 17 heavy (non-hydrogen) atoms. The molecule has 0 bridgehead atoms. The van der Waals surface area contributed by atoms with Crippen LogP contribution in [-0.2, 0) is 13.2 Å². The van der Waals surface area contributed by atoms with Gasteiger partial charge in [0.15, 0.2) is 0 Å². The molecule has 2 aromatic rings. The number of hydrogen-bond acceptors (Lipinski definition) is 3. The van der Waals surface area contributed by atoms with Crippen LogP contribution in [0, 0.1) is 6.92 Å². The van der Waals surface area contributed by atoms with E-state index in [9.17, 15) is 0 Å². The number of benzene rings is 1. The smallest absolute Gasteiger partial charge is 0.130 e. The predicted molar refractivity (Wildman–Crippen MR) is 65.1 cm³/mol. The van der Waals surface area contributed by atoms with E-state index >= 15 is 0 Å². The number of phenols is 1. The van der Waals surface area contributed by atoms with E-state index in [1.807, 2.05) is 13.1 Å². The number of phenolic OH excluding ortho intramolecular Hbond substituents is 1. The summed E-state index contributed by atoms with van der Waals surface area (Å²) in [6, 6.07) is 6.71. The molecule has 0 aliphatic rings. The third kappa shape index (κ3) is 2.58. The highest BCUT2D eigenvalue weighted by Gasteiger charge is 2.05. The number of aromatic nitrogens is 2. The molecule has 0 aliphatic carbocycles. The van der Waals surface area contributed by atoms with Crippen molar-refractivity contribution < 1.29 is 9.84 Å². The second kappa shape index (κ2) is 4.91. The Bertz CT molecular complexity index is 489. The number of rotatable bonds is 4. The van der Waals surface area contributed by atoms with Crippen LogP contribution in [0.4, 0.5) is 0 Å². The van der Waals surface area contributed by atoms with Crippen LogP contribution in [0.2, 0.25) is 0 Å². The Morgan fingerprint density at radius 3 is 2.65 bits per heavy atom. The molecule has 0 saturated carbocycles. The highest BCUT2D eigenvalue weighted by molar-refractivity contribution is 5.30. The summed E-state index contributed by atoms with van der Waals surface area (Å²) >= 11 is 0. The van der Waals surface area contributed by atoms with Crippen molar-refractivity contribution in [3.05, 3.63) is 42.0 Å². The fourth-order valence-electron chi connectivity index (χ4n) is 1.76. The second-order valence-corrected chi connectivity index (χ2v) is 3.82. The van der Waals surface area contributed by atoms with E-state index in [1.54, 1.807) is 24.3 Å². The van der Waals surface area contributed by atoms with Crippen molar-refractivity contribution in [3.8, 4) is 11.5 Å². The van der Waals surface area contributed by atoms with Gasteiger partial charge in [-0.1, -0.05) is 0 Å². The van der Waals surface area contributed by atoms with Crippen molar-refractivity contribution in [3.63, 3.8) is 0 Å². The molecule has 1 aromatic heterocycles. The minimum atomic E-state index is 0.242. The first-order chi connectivity index (χ1) is 8.20. The molecular formula is C13H16N2O2. The summed E-state index contributed by atoms with van der Waals surface area (Å²) in [5.41, 5.74) is 1.05. The maximum Gasteiger partial charge on any atom is 0.130 e. The Labute approximate surface area is 100 Å². The van der Waals surface area contributed by atoms with Gasteiger partial charge in [-0.2, -0.15) is 0 Å². The average molecular weight is 232 g/mol. The van der Waals surface area contributed by atoms with Gasteiger partial charge in [0.2, 0.25) is 0 Å². The molecule has 0 aliphatic heterocycles. The van der Waals surface area contributed by atoms with Gasteiger partial charge in [-0.15, -0.1) is 0 Å². The number of aromatic hydroxyl groups is 1. The van der Waals surface area contributed by atoms with Crippen LogP contribution in [0.3, 0.4) is 0 Å². The summed E-state index contributed by atoms with van der Waals surface area (Å²) in [4.78, 5) is 4.26. The van der Waals surface area contributed by atoms with Gasteiger partial charge >= 0.3 is 0 Å². The van der Waals surface area contributed by atoms with Crippen molar-refractivity contribution in [2.75, 3.05) is 0 Å². The first-order valence-corrected chi connectivity index (χ1v) is 5.63. The van der Waals surface area contributed by atoms with Gasteiger partial charge < -0.3 is 14.4 Å². The molecule has 1 heterocycles.